The number of halogens is 5. The number of methoxy groups -OCH3 is 1. The molecule has 2 saturated heterocycles. The molecular formula is C43H53F5N6O9S. The quantitative estimate of drug-likeness (QED) is 0.240. The summed E-state index contributed by atoms with van der Waals surface area (Å²) in [5.74, 6) is -7.01. The zero-order valence-corrected chi connectivity index (χ0v) is 37.0. The Balaban J connectivity index is 1.23. The number of hydrogen-bond donors (Lipinski definition) is 3. The summed E-state index contributed by atoms with van der Waals surface area (Å²) in [5.41, 5.74) is -6.18. The van der Waals surface area contributed by atoms with Crippen molar-refractivity contribution in [3.05, 3.63) is 41.6 Å². The molecule has 6 aliphatic rings. The largest absolute Gasteiger partial charge is 0.497 e. The van der Waals surface area contributed by atoms with Crippen LogP contribution < -0.4 is 24.8 Å². The van der Waals surface area contributed by atoms with Crippen LogP contribution in [0.5, 0.6) is 11.5 Å². The summed E-state index contributed by atoms with van der Waals surface area (Å²) in [6, 6.07) is 0.148. The molecule has 1 aromatic carbocycles. The Morgan fingerprint density at radius 2 is 1.70 bits per heavy atom. The molecule has 64 heavy (non-hydrogen) atoms. The standard InChI is InChI=1S/C43H53F5N6O9S/c1-38(2,3)63-37(58)50-28-12-10-8-6-7-9-11-24-18-42(24,36(57)52-64(59,60)39(4)15-16-39)51-34(55)30-20-40(21-54(30)35(28)56)19-29(53-22-41(44,45)23-53)31-26-17-25(61-5)13-14-27(26)49-33(32(31)62-40)43(46,47)48/h9,11,13-14,17,24,28-30H,6-8,10,12,15-16,18-23H2,1-5H3,(H,50,58)(H,51,55)(H,52,57)/b11-9-/t24-,28+,29-,30+,40-,42?/m1/s1. The zero-order valence-electron chi connectivity index (χ0n) is 36.2. The van der Waals surface area contributed by atoms with Crippen molar-refractivity contribution in [1.82, 2.24) is 30.1 Å². The Hall–Kier alpha value is -4.79. The predicted molar refractivity (Wildman–Crippen MR) is 220 cm³/mol. The van der Waals surface area contributed by atoms with Crippen LogP contribution in [0, 0.1) is 5.92 Å². The van der Waals surface area contributed by atoms with Gasteiger partial charge in [0.2, 0.25) is 21.8 Å². The monoisotopic (exact) mass is 924 g/mol. The minimum atomic E-state index is -5.12. The van der Waals surface area contributed by atoms with E-state index in [2.05, 4.69) is 20.3 Å². The Kier molecular flexibility index (Phi) is 11.2. The molecule has 2 aromatic rings. The van der Waals surface area contributed by atoms with E-state index in [1.54, 1.807) is 26.8 Å². The smallest absolute Gasteiger partial charge is 0.437 e. The molecule has 1 aromatic heterocycles. The molecule has 0 bridgehead atoms. The maximum absolute atomic E-state index is 15.1. The first kappa shape index (κ1) is 45.8. The van der Waals surface area contributed by atoms with E-state index in [1.165, 1.54) is 37.1 Å². The highest BCUT2D eigenvalue weighted by Gasteiger charge is 2.65. The van der Waals surface area contributed by atoms with Crippen LogP contribution in [0.15, 0.2) is 30.4 Å². The first-order valence-electron chi connectivity index (χ1n) is 21.5. The van der Waals surface area contributed by atoms with Gasteiger partial charge in [0, 0.05) is 35.8 Å². The first-order chi connectivity index (χ1) is 29.8. The third kappa shape index (κ3) is 8.69. The van der Waals surface area contributed by atoms with E-state index in [0.29, 0.717) is 38.5 Å². The van der Waals surface area contributed by atoms with Crippen molar-refractivity contribution in [3.8, 4) is 11.5 Å². The lowest BCUT2D eigenvalue weighted by molar-refractivity contribution is -0.161. The van der Waals surface area contributed by atoms with E-state index in [4.69, 9.17) is 14.2 Å². The fourth-order valence-corrected chi connectivity index (χ4v) is 10.8. The number of rotatable bonds is 6. The second kappa shape index (κ2) is 15.7. The number of carbonyl (C=O) groups excluding carboxylic acids is 4. The topological polar surface area (TPSA) is 186 Å². The van der Waals surface area contributed by atoms with Crippen molar-refractivity contribution in [2.75, 3.05) is 26.7 Å². The zero-order chi connectivity index (χ0) is 46.4. The second-order valence-corrected chi connectivity index (χ2v) is 21.7. The number of alkyl carbamates (subject to hydrolysis) is 1. The number of nitrogens with one attached hydrogen (secondary N) is 3. The summed E-state index contributed by atoms with van der Waals surface area (Å²) in [6.45, 7) is 4.24. The fourth-order valence-electron chi connectivity index (χ4n) is 9.45. The average molecular weight is 925 g/mol. The molecule has 4 fully saturated rings. The Bertz CT molecular complexity index is 2400. The average Bonchev–Trinajstić information content (AvgIpc) is 4.08. The Morgan fingerprint density at radius 1 is 1.00 bits per heavy atom. The highest BCUT2D eigenvalue weighted by molar-refractivity contribution is 7.91. The van der Waals surface area contributed by atoms with Gasteiger partial charge < -0.3 is 29.7 Å². The van der Waals surface area contributed by atoms with Crippen LogP contribution in [-0.2, 0) is 35.3 Å². The van der Waals surface area contributed by atoms with Crippen LogP contribution in [0.2, 0.25) is 0 Å². The van der Waals surface area contributed by atoms with Gasteiger partial charge in [0.25, 0.3) is 11.8 Å². The fraction of sp³-hybridized carbons (Fsp3) is 0.651. The van der Waals surface area contributed by atoms with Crippen molar-refractivity contribution in [2.45, 2.75) is 144 Å². The lowest BCUT2D eigenvalue weighted by Crippen LogP contribution is -2.60. The molecule has 3 N–H and O–H groups in total. The van der Waals surface area contributed by atoms with Gasteiger partial charge in [0.1, 0.15) is 34.6 Å². The molecule has 8 rings (SSSR count). The molecule has 2 saturated carbocycles. The normalized spacial score (nSPS) is 30.8. The van der Waals surface area contributed by atoms with Gasteiger partial charge in [-0.25, -0.2) is 27.0 Å². The number of aromatic nitrogens is 1. The maximum Gasteiger partial charge on any atom is 0.437 e. The summed E-state index contributed by atoms with van der Waals surface area (Å²) in [6.07, 6.45) is -0.277. The summed E-state index contributed by atoms with van der Waals surface area (Å²) in [4.78, 5) is 63.5. The van der Waals surface area contributed by atoms with Crippen molar-refractivity contribution >= 4 is 44.7 Å². The summed E-state index contributed by atoms with van der Waals surface area (Å²) >= 11 is 0. The summed E-state index contributed by atoms with van der Waals surface area (Å²) in [7, 11) is -2.81. The molecule has 15 nitrogen and oxygen atoms in total. The molecule has 5 heterocycles. The third-order valence-corrected chi connectivity index (χ3v) is 15.4. The van der Waals surface area contributed by atoms with E-state index < -0.39 is 129 Å². The van der Waals surface area contributed by atoms with Crippen molar-refractivity contribution in [2.24, 2.45) is 5.92 Å². The van der Waals surface area contributed by atoms with Crippen molar-refractivity contribution < 1.29 is 63.8 Å². The minimum Gasteiger partial charge on any atom is -0.497 e. The van der Waals surface area contributed by atoms with Gasteiger partial charge in [-0.3, -0.25) is 24.0 Å². The predicted octanol–water partition coefficient (Wildman–Crippen LogP) is 5.66. The molecule has 2 aliphatic carbocycles. The number of benzene rings is 1. The summed E-state index contributed by atoms with van der Waals surface area (Å²) < 4.78 is 120. The van der Waals surface area contributed by atoms with Crippen LogP contribution in [0.3, 0.4) is 0 Å². The summed E-state index contributed by atoms with van der Waals surface area (Å²) in [5, 5.41) is 5.53. The van der Waals surface area contributed by atoms with Crippen LogP contribution in [0.25, 0.3) is 10.9 Å². The van der Waals surface area contributed by atoms with E-state index in [1.807, 2.05) is 6.08 Å². The van der Waals surface area contributed by atoms with E-state index in [-0.39, 0.29) is 41.5 Å². The van der Waals surface area contributed by atoms with Gasteiger partial charge in [-0.15, -0.1) is 0 Å². The van der Waals surface area contributed by atoms with Gasteiger partial charge in [-0.2, -0.15) is 13.2 Å². The van der Waals surface area contributed by atoms with Gasteiger partial charge in [0.15, 0.2) is 11.4 Å². The highest BCUT2D eigenvalue weighted by Crippen LogP contribution is 2.56. The number of allylic oxidation sites excluding steroid dienone is 1. The number of likely N-dealkylation sites (tertiary alicyclic amines) is 1. The maximum atomic E-state index is 15.1. The molecule has 0 radical (unpaired) electrons. The minimum absolute atomic E-state index is 0.00815. The highest BCUT2D eigenvalue weighted by atomic mass is 32.2. The number of carbonyl (C=O) groups is 4. The first-order valence-corrected chi connectivity index (χ1v) is 23.0. The van der Waals surface area contributed by atoms with Crippen LogP contribution in [0.1, 0.15) is 109 Å². The number of alkyl halides is 5. The molecule has 6 atom stereocenters. The number of sulfonamides is 1. The molecule has 350 valence electrons. The van der Waals surface area contributed by atoms with Crippen LogP contribution in [-0.4, -0.2) is 113 Å². The van der Waals surface area contributed by atoms with E-state index >= 15 is 13.2 Å². The molecule has 1 unspecified atom stereocenters. The van der Waals surface area contributed by atoms with E-state index in [0.717, 1.165) is 4.90 Å². The molecule has 21 heteroatoms. The van der Waals surface area contributed by atoms with Gasteiger partial charge >= 0.3 is 12.3 Å². The second-order valence-electron chi connectivity index (χ2n) is 19.5. The van der Waals surface area contributed by atoms with Gasteiger partial charge in [-0.05, 0) is 84.4 Å². The Labute approximate surface area is 367 Å². The molecular weight excluding hydrogens is 872 g/mol. The van der Waals surface area contributed by atoms with Gasteiger partial charge in [0.05, 0.1) is 37.0 Å². The Morgan fingerprint density at radius 3 is 2.34 bits per heavy atom. The number of nitrogens with zero attached hydrogens (tertiary/aromatic N) is 3. The van der Waals surface area contributed by atoms with Gasteiger partial charge in [-0.1, -0.05) is 25.0 Å². The lowest BCUT2D eigenvalue weighted by Gasteiger charge is -2.50. The van der Waals surface area contributed by atoms with Crippen molar-refractivity contribution in [3.63, 3.8) is 0 Å². The molecule has 4 aliphatic heterocycles. The number of hydrogen-bond acceptors (Lipinski definition) is 11. The third-order valence-electron chi connectivity index (χ3n) is 13.3. The molecule has 4 amide bonds. The van der Waals surface area contributed by atoms with E-state index in [9.17, 15) is 36.4 Å². The van der Waals surface area contributed by atoms with Crippen molar-refractivity contribution in [1.29, 1.82) is 0 Å². The van der Waals surface area contributed by atoms with Crippen LogP contribution in [0.4, 0.5) is 26.7 Å². The number of amides is 4. The lowest BCUT2D eigenvalue weighted by atomic mass is 9.81. The SMILES string of the molecule is COc1ccc2nc(C(F)(F)F)c3c(c2c1)[C@H](N1CC(F)(F)C1)C[C@]1(C[C@H]2C(=O)NC4(C(=O)NS(=O)(=O)C5(C)CC5)C[C@H]4/C=C\CCCCC[C@H](NC(=O)OC(C)(C)C)C(=O)N2C1)O3. The molecule has 1 spiro atoms. The number of ether oxygens (including phenoxy) is 3. The number of fused-ring (bicyclic) bond motifs is 5. The van der Waals surface area contributed by atoms with Crippen LogP contribution >= 0.6 is 0 Å². The number of pyridine rings is 1.